The molecule has 1 amide bonds. The molecule has 0 atom stereocenters. The minimum atomic E-state index is -0.483. The third-order valence-corrected chi connectivity index (χ3v) is 2.74. The van der Waals surface area contributed by atoms with Crippen LogP contribution < -0.4 is 5.43 Å². The number of nitrogens with one attached hydrogen (secondary N) is 1. The first-order valence-electron chi connectivity index (χ1n) is 6.21. The molecule has 1 N–H and O–H groups in total. The second kappa shape index (κ2) is 6.42. The number of nitrogens with zero attached hydrogens (tertiary/aromatic N) is 2. The Morgan fingerprint density at radius 1 is 1.24 bits per heavy atom. The van der Waals surface area contributed by atoms with E-state index in [2.05, 4.69) is 10.5 Å². The number of amides is 1. The zero-order chi connectivity index (χ0) is 15.2. The maximum absolute atomic E-state index is 11.8. The van der Waals surface area contributed by atoms with Crippen molar-refractivity contribution in [2.75, 3.05) is 0 Å². The van der Waals surface area contributed by atoms with Gasteiger partial charge in [-0.1, -0.05) is 29.8 Å². The molecule has 0 aliphatic rings. The van der Waals surface area contributed by atoms with Gasteiger partial charge in [0.2, 0.25) is 0 Å². The molecule has 6 nitrogen and oxygen atoms in total. The fourth-order valence-electron chi connectivity index (χ4n) is 1.73. The molecule has 0 fully saturated rings. The lowest BCUT2D eigenvalue weighted by atomic mass is 10.1. The Kier molecular flexibility index (Phi) is 4.40. The van der Waals surface area contributed by atoms with Crippen molar-refractivity contribution in [3.05, 3.63) is 75.3 Å². The van der Waals surface area contributed by atoms with E-state index < -0.39 is 4.92 Å². The molecular weight excluding hydrogens is 270 g/mol. The highest BCUT2D eigenvalue weighted by Crippen LogP contribution is 2.11. The van der Waals surface area contributed by atoms with Crippen LogP contribution in [0.5, 0.6) is 0 Å². The van der Waals surface area contributed by atoms with Crippen LogP contribution >= 0.6 is 0 Å². The van der Waals surface area contributed by atoms with E-state index in [1.807, 2.05) is 13.0 Å². The van der Waals surface area contributed by atoms with Crippen LogP contribution in [-0.2, 0) is 0 Å². The summed E-state index contributed by atoms with van der Waals surface area (Å²) in [6.07, 6.45) is 1.36. The zero-order valence-corrected chi connectivity index (χ0v) is 11.3. The lowest BCUT2D eigenvalue weighted by Crippen LogP contribution is -2.17. The van der Waals surface area contributed by atoms with E-state index in [0.717, 1.165) is 5.56 Å². The number of hydrogen-bond donors (Lipinski definition) is 1. The van der Waals surface area contributed by atoms with Gasteiger partial charge >= 0.3 is 0 Å². The quantitative estimate of drug-likeness (QED) is 0.532. The van der Waals surface area contributed by atoms with E-state index in [1.54, 1.807) is 30.3 Å². The predicted molar refractivity (Wildman–Crippen MR) is 79.3 cm³/mol. The SMILES string of the molecule is Cc1cccc(C(=O)N/N=C/c2cccc([N+](=O)[O-])c2)c1. The van der Waals surface area contributed by atoms with Crippen molar-refractivity contribution in [1.82, 2.24) is 5.43 Å². The van der Waals surface area contributed by atoms with E-state index in [-0.39, 0.29) is 11.6 Å². The smallest absolute Gasteiger partial charge is 0.267 e. The van der Waals surface area contributed by atoms with Crippen LogP contribution in [0.25, 0.3) is 0 Å². The average Bonchev–Trinajstić information content (AvgIpc) is 2.47. The number of benzene rings is 2. The van der Waals surface area contributed by atoms with E-state index in [0.29, 0.717) is 11.1 Å². The molecule has 0 bridgehead atoms. The lowest BCUT2D eigenvalue weighted by molar-refractivity contribution is -0.384. The summed E-state index contributed by atoms with van der Waals surface area (Å²) in [5.41, 5.74) is 4.38. The van der Waals surface area contributed by atoms with E-state index in [1.165, 1.54) is 18.3 Å². The minimum Gasteiger partial charge on any atom is -0.267 e. The second-order valence-electron chi connectivity index (χ2n) is 4.42. The van der Waals surface area contributed by atoms with Crippen LogP contribution in [0.2, 0.25) is 0 Å². The summed E-state index contributed by atoms with van der Waals surface area (Å²) in [4.78, 5) is 22.0. The minimum absolute atomic E-state index is 0.0241. The Morgan fingerprint density at radius 2 is 2.00 bits per heavy atom. The molecule has 2 rings (SSSR count). The fraction of sp³-hybridized carbons (Fsp3) is 0.0667. The molecule has 0 aliphatic heterocycles. The third-order valence-electron chi connectivity index (χ3n) is 2.74. The Labute approximate surface area is 121 Å². The molecule has 0 radical (unpaired) electrons. The normalized spacial score (nSPS) is 10.5. The summed E-state index contributed by atoms with van der Waals surface area (Å²) in [6, 6.07) is 13.1. The standard InChI is InChI=1S/C15H13N3O3/c1-11-4-2-6-13(8-11)15(19)17-16-10-12-5-3-7-14(9-12)18(20)21/h2-10H,1H3,(H,17,19)/b16-10+. The van der Waals surface area contributed by atoms with Gasteiger partial charge in [0.05, 0.1) is 11.1 Å². The van der Waals surface area contributed by atoms with Crippen LogP contribution in [-0.4, -0.2) is 17.0 Å². The molecule has 0 saturated carbocycles. The molecule has 21 heavy (non-hydrogen) atoms. The number of non-ortho nitro benzene ring substituents is 1. The highest BCUT2D eigenvalue weighted by atomic mass is 16.6. The first kappa shape index (κ1) is 14.4. The molecule has 0 aliphatic carbocycles. The third kappa shape index (κ3) is 3.97. The molecule has 0 saturated heterocycles. The largest absolute Gasteiger partial charge is 0.271 e. The topological polar surface area (TPSA) is 84.6 Å². The first-order chi connectivity index (χ1) is 10.1. The zero-order valence-electron chi connectivity index (χ0n) is 11.3. The van der Waals surface area contributed by atoms with Gasteiger partial charge in [-0.2, -0.15) is 5.10 Å². The van der Waals surface area contributed by atoms with Crippen molar-refractivity contribution < 1.29 is 9.72 Å². The summed E-state index contributed by atoms with van der Waals surface area (Å²) < 4.78 is 0. The summed E-state index contributed by atoms with van der Waals surface area (Å²) >= 11 is 0. The van der Waals surface area contributed by atoms with E-state index >= 15 is 0 Å². The van der Waals surface area contributed by atoms with Crippen LogP contribution in [0, 0.1) is 17.0 Å². The molecule has 2 aromatic carbocycles. The Balaban J connectivity index is 2.04. The second-order valence-corrected chi connectivity index (χ2v) is 4.42. The van der Waals surface area contributed by atoms with Crippen LogP contribution in [0.4, 0.5) is 5.69 Å². The predicted octanol–water partition coefficient (Wildman–Crippen LogP) is 2.67. The number of aryl methyl sites for hydroxylation is 1. The van der Waals surface area contributed by atoms with Crippen molar-refractivity contribution in [3.8, 4) is 0 Å². The highest BCUT2D eigenvalue weighted by molar-refractivity contribution is 5.95. The van der Waals surface area contributed by atoms with Crippen molar-refractivity contribution in [2.24, 2.45) is 5.10 Å². The Morgan fingerprint density at radius 3 is 2.71 bits per heavy atom. The fourth-order valence-corrected chi connectivity index (χ4v) is 1.73. The van der Waals surface area contributed by atoms with Gasteiger partial charge in [0.15, 0.2) is 0 Å². The average molecular weight is 283 g/mol. The summed E-state index contributed by atoms with van der Waals surface area (Å²) in [5.74, 6) is -0.333. The van der Waals surface area contributed by atoms with Crippen molar-refractivity contribution >= 4 is 17.8 Å². The van der Waals surface area contributed by atoms with Gasteiger partial charge in [-0.25, -0.2) is 5.43 Å². The van der Waals surface area contributed by atoms with Gasteiger partial charge in [-0.3, -0.25) is 14.9 Å². The van der Waals surface area contributed by atoms with Crippen molar-refractivity contribution in [1.29, 1.82) is 0 Å². The van der Waals surface area contributed by atoms with Gasteiger partial charge < -0.3 is 0 Å². The lowest BCUT2D eigenvalue weighted by Gasteiger charge is -2.00. The first-order valence-corrected chi connectivity index (χ1v) is 6.21. The molecule has 0 spiro atoms. The summed E-state index contributed by atoms with van der Waals surface area (Å²) in [7, 11) is 0. The molecule has 0 aromatic heterocycles. The Bertz CT molecular complexity index is 711. The molecule has 2 aromatic rings. The summed E-state index contributed by atoms with van der Waals surface area (Å²) in [5, 5.41) is 14.4. The van der Waals surface area contributed by atoms with Gasteiger partial charge in [0.25, 0.3) is 11.6 Å². The van der Waals surface area contributed by atoms with Gasteiger partial charge in [-0.15, -0.1) is 0 Å². The van der Waals surface area contributed by atoms with Crippen molar-refractivity contribution in [3.63, 3.8) is 0 Å². The molecule has 0 unspecified atom stereocenters. The van der Waals surface area contributed by atoms with Gasteiger partial charge in [0, 0.05) is 23.3 Å². The molecule has 6 heteroatoms. The number of nitro groups is 1. The van der Waals surface area contributed by atoms with Crippen LogP contribution in [0.1, 0.15) is 21.5 Å². The van der Waals surface area contributed by atoms with Crippen LogP contribution in [0.15, 0.2) is 53.6 Å². The number of carbonyl (C=O) groups excluding carboxylic acids is 1. The van der Waals surface area contributed by atoms with E-state index in [9.17, 15) is 14.9 Å². The van der Waals surface area contributed by atoms with E-state index in [4.69, 9.17) is 0 Å². The Hall–Kier alpha value is -3.02. The monoisotopic (exact) mass is 283 g/mol. The molecular formula is C15H13N3O3. The molecule has 0 heterocycles. The van der Waals surface area contributed by atoms with Gasteiger partial charge in [0.1, 0.15) is 0 Å². The number of nitro benzene ring substituents is 1. The number of rotatable bonds is 4. The number of hydrogen-bond acceptors (Lipinski definition) is 4. The highest BCUT2D eigenvalue weighted by Gasteiger charge is 2.05. The van der Waals surface area contributed by atoms with Crippen molar-refractivity contribution in [2.45, 2.75) is 6.92 Å². The molecule has 106 valence electrons. The van der Waals surface area contributed by atoms with Crippen LogP contribution in [0.3, 0.4) is 0 Å². The maximum Gasteiger partial charge on any atom is 0.271 e. The number of hydrazone groups is 1. The van der Waals surface area contributed by atoms with Gasteiger partial charge in [-0.05, 0) is 19.1 Å². The number of carbonyl (C=O) groups is 1. The summed E-state index contributed by atoms with van der Waals surface area (Å²) in [6.45, 7) is 1.89. The maximum atomic E-state index is 11.8.